The van der Waals surface area contributed by atoms with Crippen LogP contribution in [-0.2, 0) is 0 Å². The van der Waals surface area contributed by atoms with Gasteiger partial charge in [-0.3, -0.25) is 0 Å². The highest BCUT2D eigenvalue weighted by atomic mass is 15.0. The summed E-state index contributed by atoms with van der Waals surface area (Å²) in [6.07, 6.45) is 18.5. The standard InChI is InChI=1S/C17H35N/c1-3-4-5-6-7-8-9-13-16-18-17(2)14-11-10-12-15-17/h18H,3-16H2,1-2H3. The van der Waals surface area contributed by atoms with Gasteiger partial charge in [-0.1, -0.05) is 71.1 Å². The smallest absolute Gasteiger partial charge is 0.0153 e. The zero-order valence-corrected chi connectivity index (χ0v) is 12.9. The largest absolute Gasteiger partial charge is 0.312 e. The Morgan fingerprint density at radius 2 is 1.33 bits per heavy atom. The maximum absolute atomic E-state index is 3.81. The van der Waals surface area contributed by atoms with Crippen LogP contribution in [0.1, 0.15) is 97.3 Å². The summed E-state index contributed by atoms with van der Waals surface area (Å²) in [5.41, 5.74) is 0.472. The minimum Gasteiger partial charge on any atom is -0.312 e. The molecule has 1 aliphatic carbocycles. The molecule has 0 unspecified atom stereocenters. The van der Waals surface area contributed by atoms with Crippen LogP contribution >= 0.6 is 0 Å². The first kappa shape index (κ1) is 16.0. The maximum atomic E-state index is 3.81. The molecule has 0 heterocycles. The predicted octanol–water partition coefficient (Wildman–Crippen LogP) is 5.44. The van der Waals surface area contributed by atoms with E-state index in [9.17, 15) is 0 Å². The Kier molecular flexibility index (Phi) is 8.75. The minimum absolute atomic E-state index is 0.472. The minimum atomic E-state index is 0.472. The monoisotopic (exact) mass is 253 g/mol. The Morgan fingerprint density at radius 1 is 0.778 bits per heavy atom. The van der Waals surface area contributed by atoms with Crippen molar-refractivity contribution in [2.75, 3.05) is 6.54 Å². The molecule has 0 bridgehead atoms. The quantitative estimate of drug-likeness (QED) is 0.511. The van der Waals surface area contributed by atoms with Gasteiger partial charge in [0.2, 0.25) is 0 Å². The van der Waals surface area contributed by atoms with Crippen molar-refractivity contribution in [2.24, 2.45) is 0 Å². The fraction of sp³-hybridized carbons (Fsp3) is 1.00. The first-order valence-electron chi connectivity index (χ1n) is 8.52. The van der Waals surface area contributed by atoms with Crippen molar-refractivity contribution in [1.82, 2.24) is 5.32 Å². The van der Waals surface area contributed by atoms with Gasteiger partial charge in [0.05, 0.1) is 0 Å². The lowest BCUT2D eigenvalue weighted by molar-refractivity contribution is 0.253. The average Bonchev–Trinajstić information content (AvgIpc) is 2.38. The Labute approximate surface area is 115 Å². The Balaban J connectivity index is 1.86. The zero-order valence-electron chi connectivity index (χ0n) is 12.9. The SMILES string of the molecule is CCCCCCCCCCNC1(C)CCCCC1. The van der Waals surface area contributed by atoms with Crippen LogP contribution in [0.5, 0.6) is 0 Å². The van der Waals surface area contributed by atoms with Crippen LogP contribution in [0.25, 0.3) is 0 Å². The Hall–Kier alpha value is -0.0400. The second-order valence-electron chi connectivity index (χ2n) is 6.52. The first-order chi connectivity index (χ1) is 8.77. The summed E-state index contributed by atoms with van der Waals surface area (Å²) in [5.74, 6) is 0. The number of nitrogens with one attached hydrogen (secondary N) is 1. The summed E-state index contributed by atoms with van der Waals surface area (Å²) >= 11 is 0. The van der Waals surface area contributed by atoms with Gasteiger partial charge in [-0.05, 0) is 32.7 Å². The van der Waals surface area contributed by atoms with Gasteiger partial charge < -0.3 is 5.32 Å². The van der Waals surface area contributed by atoms with Gasteiger partial charge in [0.15, 0.2) is 0 Å². The number of hydrogen-bond donors (Lipinski definition) is 1. The lowest BCUT2D eigenvalue weighted by atomic mass is 9.83. The molecule has 1 rings (SSSR count). The Morgan fingerprint density at radius 3 is 1.94 bits per heavy atom. The molecule has 0 aliphatic heterocycles. The summed E-state index contributed by atoms with van der Waals surface area (Å²) < 4.78 is 0. The lowest BCUT2D eigenvalue weighted by Crippen LogP contribution is -2.44. The lowest BCUT2D eigenvalue weighted by Gasteiger charge is -2.34. The highest BCUT2D eigenvalue weighted by Gasteiger charge is 2.25. The van der Waals surface area contributed by atoms with E-state index in [0.717, 1.165) is 0 Å². The molecule has 0 aromatic heterocycles. The van der Waals surface area contributed by atoms with Gasteiger partial charge in [0.25, 0.3) is 0 Å². The van der Waals surface area contributed by atoms with Gasteiger partial charge in [0.1, 0.15) is 0 Å². The van der Waals surface area contributed by atoms with E-state index in [-0.39, 0.29) is 0 Å². The molecule has 0 aromatic rings. The van der Waals surface area contributed by atoms with Gasteiger partial charge in [-0.25, -0.2) is 0 Å². The molecule has 1 aliphatic rings. The fourth-order valence-electron chi connectivity index (χ4n) is 3.16. The molecule has 0 radical (unpaired) electrons. The second-order valence-corrected chi connectivity index (χ2v) is 6.52. The van der Waals surface area contributed by atoms with Crippen LogP contribution < -0.4 is 5.32 Å². The normalized spacial score (nSPS) is 19.0. The van der Waals surface area contributed by atoms with Gasteiger partial charge >= 0.3 is 0 Å². The zero-order chi connectivity index (χ0) is 13.1. The number of rotatable bonds is 10. The van der Waals surface area contributed by atoms with Crippen LogP contribution in [0.2, 0.25) is 0 Å². The van der Waals surface area contributed by atoms with Crippen molar-refractivity contribution in [2.45, 2.75) is 103 Å². The molecule has 1 nitrogen and oxygen atoms in total. The van der Waals surface area contributed by atoms with Crippen LogP contribution in [0.15, 0.2) is 0 Å². The second kappa shape index (κ2) is 9.83. The van der Waals surface area contributed by atoms with Crippen LogP contribution in [0.3, 0.4) is 0 Å². The summed E-state index contributed by atoms with van der Waals surface area (Å²) in [5, 5.41) is 3.81. The van der Waals surface area contributed by atoms with Crippen LogP contribution in [-0.4, -0.2) is 12.1 Å². The molecule has 18 heavy (non-hydrogen) atoms. The predicted molar refractivity (Wildman–Crippen MR) is 82.1 cm³/mol. The van der Waals surface area contributed by atoms with Gasteiger partial charge in [0, 0.05) is 5.54 Å². The van der Waals surface area contributed by atoms with E-state index in [4.69, 9.17) is 0 Å². The summed E-state index contributed by atoms with van der Waals surface area (Å²) in [4.78, 5) is 0. The number of hydrogen-bond acceptors (Lipinski definition) is 1. The fourth-order valence-corrected chi connectivity index (χ4v) is 3.16. The molecular formula is C17H35N. The third-order valence-corrected chi connectivity index (χ3v) is 4.54. The van der Waals surface area contributed by atoms with E-state index in [2.05, 4.69) is 19.2 Å². The van der Waals surface area contributed by atoms with Gasteiger partial charge in [-0.2, -0.15) is 0 Å². The molecular weight excluding hydrogens is 218 g/mol. The highest BCUT2D eigenvalue weighted by molar-refractivity contribution is 4.85. The summed E-state index contributed by atoms with van der Waals surface area (Å²) in [6.45, 7) is 5.96. The first-order valence-corrected chi connectivity index (χ1v) is 8.52. The molecule has 1 fully saturated rings. The van der Waals surface area contributed by atoms with E-state index in [1.165, 1.54) is 90.0 Å². The Bertz CT molecular complexity index is 182. The molecule has 1 heteroatoms. The molecule has 1 saturated carbocycles. The van der Waals surface area contributed by atoms with E-state index in [1.54, 1.807) is 0 Å². The molecule has 0 spiro atoms. The van der Waals surface area contributed by atoms with E-state index < -0.39 is 0 Å². The van der Waals surface area contributed by atoms with Crippen LogP contribution in [0, 0.1) is 0 Å². The van der Waals surface area contributed by atoms with Crippen molar-refractivity contribution in [1.29, 1.82) is 0 Å². The van der Waals surface area contributed by atoms with E-state index in [1.807, 2.05) is 0 Å². The van der Waals surface area contributed by atoms with Crippen molar-refractivity contribution in [3.63, 3.8) is 0 Å². The van der Waals surface area contributed by atoms with Gasteiger partial charge in [-0.15, -0.1) is 0 Å². The third kappa shape index (κ3) is 7.41. The van der Waals surface area contributed by atoms with E-state index >= 15 is 0 Å². The van der Waals surface area contributed by atoms with Crippen molar-refractivity contribution in [3.05, 3.63) is 0 Å². The van der Waals surface area contributed by atoms with Crippen molar-refractivity contribution >= 4 is 0 Å². The molecule has 0 amide bonds. The molecule has 0 aromatic carbocycles. The summed E-state index contributed by atoms with van der Waals surface area (Å²) in [6, 6.07) is 0. The summed E-state index contributed by atoms with van der Waals surface area (Å²) in [7, 11) is 0. The maximum Gasteiger partial charge on any atom is 0.0153 e. The topological polar surface area (TPSA) is 12.0 Å². The van der Waals surface area contributed by atoms with Crippen molar-refractivity contribution < 1.29 is 0 Å². The van der Waals surface area contributed by atoms with Crippen molar-refractivity contribution in [3.8, 4) is 0 Å². The average molecular weight is 253 g/mol. The molecule has 1 N–H and O–H groups in total. The molecule has 0 saturated heterocycles. The highest BCUT2D eigenvalue weighted by Crippen LogP contribution is 2.27. The van der Waals surface area contributed by atoms with E-state index in [0.29, 0.717) is 5.54 Å². The number of unbranched alkanes of at least 4 members (excludes halogenated alkanes) is 7. The molecule has 0 atom stereocenters. The van der Waals surface area contributed by atoms with Crippen LogP contribution in [0.4, 0.5) is 0 Å². The third-order valence-electron chi connectivity index (χ3n) is 4.54. The molecule has 108 valence electrons.